The van der Waals surface area contributed by atoms with Gasteiger partial charge in [-0.15, -0.1) is 6.58 Å². The number of esters is 1. The van der Waals surface area contributed by atoms with Gasteiger partial charge in [0.2, 0.25) is 10.0 Å². The predicted molar refractivity (Wildman–Crippen MR) is 161 cm³/mol. The third-order valence-electron chi connectivity index (χ3n) is 11.4. The van der Waals surface area contributed by atoms with E-state index in [4.69, 9.17) is 14.1 Å². The van der Waals surface area contributed by atoms with Gasteiger partial charge in [-0.1, -0.05) is 39.8 Å². The van der Waals surface area contributed by atoms with Crippen molar-refractivity contribution < 1.29 is 42.3 Å². The summed E-state index contributed by atoms with van der Waals surface area (Å²) in [7, 11) is -4.71. The van der Waals surface area contributed by atoms with Crippen LogP contribution in [0.15, 0.2) is 30.9 Å². The summed E-state index contributed by atoms with van der Waals surface area (Å²) in [6.45, 7) is 11.9. The summed E-state index contributed by atoms with van der Waals surface area (Å²) < 4.78 is 42.9. The van der Waals surface area contributed by atoms with Crippen molar-refractivity contribution in [1.29, 1.82) is 0 Å². The lowest BCUT2D eigenvalue weighted by atomic mass is 9.44. The van der Waals surface area contributed by atoms with Crippen LogP contribution in [0.3, 0.4) is 0 Å². The summed E-state index contributed by atoms with van der Waals surface area (Å²) in [5.74, 6) is -0.399. The second kappa shape index (κ2) is 11.3. The number of benzene rings is 1. The van der Waals surface area contributed by atoms with Crippen LogP contribution in [-0.2, 0) is 29.0 Å². The van der Waals surface area contributed by atoms with Crippen molar-refractivity contribution in [1.82, 2.24) is 4.72 Å². The molecule has 12 heteroatoms. The highest BCUT2D eigenvalue weighted by molar-refractivity contribution is 7.88. The predicted octanol–water partition coefficient (Wildman–Crippen LogP) is 2.28. The molecule has 3 saturated carbocycles. The van der Waals surface area contributed by atoms with Crippen LogP contribution in [0.4, 0.5) is 0 Å². The summed E-state index contributed by atoms with van der Waals surface area (Å²) in [6, 6.07) is 4.86. The first kappa shape index (κ1) is 32.2. The highest BCUT2D eigenvalue weighted by atomic mass is 32.2. The molecule has 236 valence electrons. The first-order valence-electron chi connectivity index (χ1n) is 15.1. The fraction of sp³-hybridized carbons (Fsp3) is 0.677. The molecule has 0 saturated heterocycles. The maximum absolute atomic E-state index is 13.6. The molecule has 3 aliphatic carbocycles. The topological polar surface area (TPSA) is 148 Å². The molecule has 1 aromatic carbocycles. The molecule has 1 aromatic rings. The lowest BCUT2D eigenvalue weighted by Crippen LogP contribution is -2.63. The molecule has 1 unspecified atom stereocenters. The van der Waals surface area contributed by atoms with Crippen LogP contribution in [0, 0.1) is 34.0 Å². The monoisotopic (exact) mass is 617 g/mol. The molecule has 43 heavy (non-hydrogen) atoms. The van der Waals surface area contributed by atoms with E-state index in [1.807, 2.05) is 6.92 Å². The summed E-state index contributed by atoms with van der Waals surface area (Å²) in [5.41, 5.74) is -0.661. The van der Waals surface area contributed by atoms with Gasteiger partial charge in [0, 0.05) is 29.7 Å². The van der Waals surface area contributed by atoms with E-state index in [-0.39, 0.29) is 35.5 Å². The Kier molecular flexibility index (Phi) is 8.44. The standard InChI is InChI=1S/C31H44BNO9S/c1-7-29(4)15-25(30(5)18(2)10-12-31(19(3)28(29)36)13-11-23(34)27(30)31)41-26(35)17-40-20-8-9-21-22(14-20)32(37)42-24(21)16-33-43(6,38)39/h7-9,14,18-19,24-25,27-28,33,36-37H,1,10-13,15-17H2,2-6H3/t18-,19-,24?,25+,27-,28-,29+,30-,31-/m0/s1. The Hall–Kier alpha value is -2.25. The fourth-order valence-corrected chi connectivity index (χ4v) is 9.13. The van der Waals surface area contributed by atoms with Crippen LogP contribution in [0.2, 0.25) is 0 Å². The van der Waals surface area contributed by atoms with Crippen molar-refractivity contribution in [3.8, 4) is 5.75 Å². The highest BCUT2D eigenvalue weighted by Crippen LogP contribution is 2.68. The number of carbonyl (C=O) groups is 2. The Morgan fingerprint density at radius 1 is 1.28 bits per heavy atom. The molecule has 1 heterocycles. The van der Waals surface area contributed by atoms with E-state index >= 15 is 0 Å². The van der Waals surface area contributed by atoms with Gasteiger partial charge in [0.25, 0.3) is 0 Å². The van der Waals surface area contributed by atoms with E-state index in [1.54, 1.807) is 24.3 Å². The zero-order valence-electron chi connectivity index (χ0n) is 25.7. The molecule has 9 atom stereocenters. The lowest BCUT2D eigenvalue weighted by molar-refractivity contribution is -0.207. The number of hydrogen-bond donors (Lipinski definition) is 3. The minimum Gasteiger partial charge on any atom is -0.482 e. The van der Waals surface area contributed by atoms with E-state index in [9.17, 15) is 28.1 Å². The highest BCUT2D eigenvalue weighted by Gasteiger charge is 2.68. The van der Waals surface area contributed by atoms with Gasteiger partial charge < -0.3 is 24.3 Å². The molecule has 0 spiro atoms. The number of nitrogens with one attached hydrogen (secondary N) is 1. The average molecular weight is 618 g/mol. The third-order valence-corrected chi connectivity index (χ3v) is 12.1. The lowest BCUT2D eigenvalue weighted by Gasteiger charge is -2.61. The van der Waals surface area contributed by atoms with E-state index in [0.29, 0.717) is 29.6 Å². The van der Waals surface area contributed by atoms with Gasteiger partial charge in [-0.3, -0.25) is 4.79 Å². The van der Waals surface area contributed by atoms with Gasteiger partial charge in [-0.2, -0.15) is 0 Å². The van der Waals surface area contributed by atoms with Gasteiger partial charge in [-0.25, -0.2) is 17.9 Å². The molecule has 4 aliphatic rings. The minimum atomic E-state index is -3.44. The van der Waals surface area contributed by atoms with Crippen molar-refractivity contribution in [3.05, 3.63) is 36.4 Å². The molecule has 5 rings (SSSR count). The van der Waals surface area contributed by atoms with Gasteiger partial charge in [0.05, 0.1) is 18.5 Å². The van der Waals surface area contributed by atoms with Gasteiger partial charge >= 0.3 is 13.1 Å². The summed E-state index contributed by atoms with van der Waals surface area (Å²) in [5, 5.41) is 22.1. The number of aliphatic hydroxyl groups is 1. The van der Waals surface area contributed by atoms with Gasteiger partial charge in [-0.05, 0) is 66.1 Å². The van der Waals surface area contributed by atoms with Crippen LogP contribution < -0.4 is 14.9 Å². The molecule has 3 fully saturated rings. The average Bonchev–Trinajstić information content (AvgIpc) is 3.47. The van der Waals surface area contributed by atoms with Gasteiger partial charge in [0.15, 0.2) is 6.61 Å². The quantitative estimate of drug-likeness (QED) is 0.227. The Morgan fingerprint density at radius 3 is 2.67 bits per heavy atom. The van der Waals surface area contributed by atoms with Crippen LogP contribution in [0.5, 0.6) is 5.75 Å². The Labute approximate surface area is 254 Å². The normalized spacial score (nSPS) is 39.0. The molecule has 2 bridgehead atoms. The largest absolute Gasteiger partial charge is 0.492 e. The molecule has 10 nitrogen and oxygen atoms in total. The Balaban J connectivity index is 1.36. The Bertz CT molecular complexity index is 1400. The molecular weight excluding hydrogens is 573 g/mol. The minimum absolute atomic E-state index is 0.0319. The number of Topliss-reactive ketones (excluding diaryl/α,β-unsaturated/α-hetero) is 1. The molecular formula is C31H44BNO9S. The molecule has 0 aromatic heterocycles. The van der Waals surface area contributed by atoms with E-state index in [2.05, 4.69) is 32.1 Å². The smallest absolute Gasteiger partial charge is 0.482 e. The van der Waals surface area contributed by atoms with Crippen molar-refractivity contribution in [3.63, 3.8) is 0 Å². The number of hydrogen-bond acceptors (Lipinski definition) is 9. The number of aliphatic hydroxyl groups excluding tert-OH is 1. The third kappa shape index (κ3) is 5.47. The number of carbonyl (C=O) groups excluding carboxylic acids is 2. The second-order valence-corrected chi connectivity index (χ2v) is 15.6. The fourth-order valence-electron chi connectivity index (χ4n) is 8.67. The van der Waals surface area contributed by atoms with E-state index in [0.717, 1.165) is 25.5 Å². The maximum Gasteiger partial charge on any atom is 0.492 e. The summed E-state index contributed by atoms with van der Waals surface area (Å²) >= 11 is 0. The van der Waals surface area contributed by atoms with Crippen LogP contribution in [-0.4, -0.2) is 69.0 Å². The van der Waals surface area contributed by atoms with Crippen LogP contribution >= 0.6 is 0 Å². The molecule has 1 aliphatic heterocycles. The van der Waals surface area contributed by atoms with Crippen molar-refractivity contribution in [2.75, 3.05) is 19.4 Å². The SMILES string of the molecule is C=C[C@]1(C)C[C@@H](OC(=O)COc2ccc3c(c2)B(O)OC3CNS(C)(=O)=O)[C@@]2(C)[C@@H]3C(=O)CC[C@@]3(CC[C@@H]2C)[C@@H](C)[C@@H]1O. The molecule has 3 N–H and O–H groups in total. The van der Waals surface area contributed by atoms with Gasteiger partial charge in [0.1, 0.15) is 17.6 Å². The number of rotatable bonds is 8. The van der Waals surface area contributed by atoms with E-state index < -0.39 is 58.9 Å². The van der Waals surface area contributed by atoms with Crippen LogP contribution in [0.1, 0.15) is 71.5 Å². The number of ketones is 1. The van der Waals surface area contributed by atoms with Crippen molar-refractivity contribution in [2.45, 2.75) is 78.1 Å². The first-order chi connectivity index (χ1) is 20.1. The summed E-state index contributed by atoms with van der Waals surface area (Å²) in [6.07, 6.45) is 4.02. The maximum atomic E-state index is 13.6. The van der Waals surface area contributed by atoms with E-state index in [1.165, 1.54) is 0 Å². The zero-order chi connectivity index (χ0) is 31.5. The van der Waals surface area contributed by atoms with Crippen molar-refractivity contribution in [2.24, 2.45) is 34.0 Å². The summed E-state index contributed by atoms with van der Waals surface area (Å²) in [4.78, 5) is 26.9. The number of sulfonamides is 1. The Morgan fingerprint density at radius 2 is 2.00 bits per heavy atom. The number of ether oxygens (including phenoxy) is 2. The molecule has 0 amide bonds. The second-order valence-electron chi connectivity index (χ2n) is 13.7. The number of fused-ring (bicyclic) bond motifs is 1. The van der Waals surface area contributed by atoms with Crippen LogP contribution in [0.25, 0.3) is 0 Å². The molecule has 0 radical (unpaired) electrons. The first-order valence-corrected chi connectivity index (χ1v) is 17.0. The zero-order valence-corrected chi connectivity index (χ0v) is 26.5. The van der Waals surface area contributed by atoms with Crippen molar-refractivity contribution >= 4 is 34.4 Å².